The number of pyridine rings is 1. The van der Waals surface area contributed by atoms with Gasteiger partial charge in [0.2, 0.25) is 0 Å². The topological polar surface area (TPSA) is 45.1 Å². The van der Waals surface area contributed by atoms with Crippen LogP contribution in [0.3, 0.4) is 0 Å². The smallest absolute Gasteiger partial charge is 0.150 e. The molecule has 1 aromatic carbocycles. The minimum atomic E-state index is -0.398. The Bertz CT molecular complexity index is 596. The van der Waals surface area contributed by atoms with Gasteiger partial charge in [0.25, 0.3) is 0 Å². The third-order valence-electron chi connectivity index (χ3n) is 2.64. The van der Waals surface area contributed by atoms with Crippen LogP contribution in [0.4, 0.5) is 10.1 Å². The van der Waals surface area contributed by atoms with Crippen molar-refractivity contribution in [1.82, 2.24) is 4.98 Å². The molecule has 0 atom stereocenters. The van der Waals surface area contributed by atoms with Crippen molar-refractivity contribution in [3.63, 3.8) is 0 Å². The van der Waals surface area contributed by atoms with E-state index in [1.165, 1.54) is 12.4 Å². The summed E-state index contributed by atoms with van der Waals surface area (Å²) in [6.45, 7) is 1.96. The second kappa shape index (κ2) is 6.00. The van der Waals surface area contributed by atoms with Gasteiger partial charge in [-0.15, -0.1) is 0 Å². The molecule has 98 valence electrons. The number of halogens is 1. The molecule has 1 heterocycles. The zero-order valence-electron chi connectivity index (χ0n) is 10.6. The number of aromatic nitrogens is 1. The van der Waals surface area contributed by atoms with Gasteiger partial charge in [0.1, 0.15) is 5.75 Å². The van der Waals surface area contributed by atoms with Crippen LogP contribution in [0.5, 0.6) is 5.75 Å². The van der Waals surface area contributed by atoms with Gasteiger partial charge in [0, 0.05) is 17.5 Å². The normalized spacial score (nSPS) is 11.4. The van der Waals surface area contributed by atoms with Crippen LogP contribution >= 0.6 is 0 Å². The van der Waals surface area contributed by atoms with Crippen LogP contribution < -0.4 is 5.32 Å². The number of phenolic OH excluding ortho intramolecular Hbond substituents is 1. The number of phenols is 1. The average Bonchev–Trinajstić information content (AvgIpc) is 2.41. The number of hydrogen-bond donors (Lipinski definition) is 2. The van der Waals surface area contributed by atoms with Crippen molar-refractivity contribution in [2.75, 3.05) is 5.32 Å². The first-order chi connectivity index (χ1) is 9.22. The van der Waals surface area contributed by atoms with Crippen LogP contribution in [0.25, 0.3) is 5.70 Å². The number of rotatable bonds is 4. The van der Waals surface area contributed by atoms with Gasteiger partial charge in [0.15, 0.2) is 5.82 Å². The largest absolute Gasteiger partial charge is 0.506 e. The Morgan fingerprint density at radius 1 is 1.37 bits per heavy atom. The number of benzene rings is 1. The van der Waals surface area contributed by atoms with Gasteiger partial charge in [-0.2, -0.15) is 0 Å². The van der Waals surface area contributed by atoms with Crippen molar-refractivity contribution in [3.05, 3.63) is 60.2 Å². The van der Waals surface area contributed by atoms with E-state index in [0.717, 1.165) is 6.42 Å². The molecule has 0 saturated carbocycles. The second-order valence-electron chi connectivity index (χ2n) is 4.02. The Balaban J connectivity index is 2.36. The van der Waals surface area contributed by atoms with Gasteiger partial charge >= 0.3 is 0 Å². The summed E-state index contributed by atoms with van der Waals surface area (Å²) < 4.78 is 13.8. The molecule has 0 fully saturated rings. The van der Waals surface area contributed by atoms with Gasteiger partial charge in [0.05, 0.1) is 11.9 Å². The first kappa shape index (κ1) is 13.1. The maximum absolute atomic E-state index is 13.8. The molecular weight excluding hydrogens is 243 g/mol. The third kappa shape index (κ3) is 3.10. The standard InChI is InChI=1S/C15H15FN2O/c1-2-5-13(11-8-9-17-10-12(11)16)18-14-6-3-4-7-15(14)19/h3-10,18-19H,2H2,1H3/b13-5+. The molecule has 4 heteroatoms. The molecule has 0 spiro atoms. The maximum Gasteiger partial charge on any atom is 0.150 e. The summed E-state index contributed by atoms with van der Waals surface area (Å²) in [6.07, 6.45) is 5.32. The van der Waals surface area contributed by atoms with Crippen molar-refractivity contribution in [3.8, 4) is 5.75 Å². The predicted molar refractivity (Wildman–Crippen MR) is 74.2 cm³/mol. The van der Waals surface area contributed by atoms with Crippen LogP contribution in [-0.2, 0) is 0 Å². The quantitative estimate of drug-likeness (QED) is 0.820. The van der Waals surface area contributed by atoms with Crippen molar-refractivity contribution < 1.29 is 9.50 Å². The Morgan fingerprint density at radius 3 is 2.84 bits per heavy atom. The molecule has 0 saturated heterocycles. The lowest BCUT2D eigenvalue weighted by Gasteiger charge is -2.13. The summed E-state index contributed by atoms with van der Waals surface area (Å²) >= 11 is 0. The van der Waals surface area contributed by atoms with Crippen LogP contribution in [-0.4, -0.2) is 10.1 Å². The first-order valence-corrected chi connectivity index (χ1v) is 6.07. The predicted octanol–water partition coefficient (Wildman–Crippen LogP) is 3.79. The average molecular weight is 258 g/mol. The minimum Gasteiger partial charge on any atom is -0.506 e. The van der Waals surface area contributed by atoms with Crippen LogP contribution in [0.2, 0.25) is 0 Å². The molecule has 0 bridgehead atoms. The number of para-hydroxylation sites is 2. The summed E-state index contributed by atoms with van der Waals surface area (Å²) in [5, 5.41) is 12.8. The molecule has 2 aromatic rings. The molecule has 0 aliphatic heterocycles. The number of nitrogens with zero attached hydrogens (tertiary/aromatic N) is 1. The molecule has 0 radical (unpaired) electrons. The van der Waals surface area contributed by atoms with E-state index in [-0.39, 0.29) is 5.75 Å². The molecule has 0 aliphatic carbocycles. The number of nitrogens with one attached hydrogen (secondary N) is 1. The lowest BCUT2D eigenvalue weighted by molar-refractivity contribution is 0.478. The lowest BCUT2D eigenvalue weighted by Crippen LogP contribution is -2.02. The molecule has 2 rings (SSSR count). The van der Waals surface area contributed by atoms with Crippen molar-refractivity contribution >= 4 is 11.4 Å². The first-order valence-electron chi connectivity index (χ1n) is 6.07. The van der Waals surface area contributed by atoms with Crippen molar-refractivity contribution in [2.45, 2.75) is 13.3 Å². The number of anilines is 1. The van der Waals surface area contributed by atoms with E-state index >= 15 is 0 Å². The molecule has 19 heavy (non-hydrogen) atoms. The van der Waals surface area contributed by atoms with Gasteiger partial charge in [-0.05, 0) is 24.6 Å². The van der Waals surface area contributed by atoms with E-state index in [1.54, 1.807) is 30.3 Å². The van der Waals surface area contributed by atoms with Crippen LogP contribution in [0, 0.1) is 5.82 Å². The molecule has 3 nitrogen and oxygen atoms in total. The summed E-state index contributed by atoms with van der Waals surface area (Å²) in [5.74, 6) is -0.274. The summed E-state index contributed by atoms with van der Waals surface area (Å²) in [5.41, 5.74) is 1.59. The Kier molecular flexibility index (Phi) is 4.13. The maximum atomic E-state index is 13.8. The lowest BCUT2D eigenvalue weighted by atomic mass is 10.1. The zero-order valence-corrected chi connectivity index (χ0v) is 10.6. The molecule has 2 N–H and O–H groups in total. The Labute approximate surface area is 111 Å². The fourth-order valence-corrected chi connectivity index (χ4v) is 1.75. The van der Waals surface area contributed by atoms with Crippen LogP contribution in [0.15, 0.2) is 48.8 Å². The summed E-state index contributed by atoms with van der Waals surface area (Å²) in [6, 6.07) is 8.45. The van der Waals surface area contributed by atoms with E-state index in [0.29, 0.717) is 16.9 Å². The van der Waals surface area contributed by atoms with E-state index in [2.05, 4.69) is 10.3 Å². The van der Waals surface area contributed by atoms with Gasteiger partial charge < -0.3 is 10.4 Å². The molecular formula is C15H15FN2O. The molecule has 1 aromatic heterocycles. The Hall–Kier alpha value is -2.36. The molecule has 0 aliphatic rings. The van der Waals surface area contributed by atoms with Gasteiger partial charge in [-0.1, -0.05) is 25.1 Å². The molecule has 0 unspecified atom stereocenters. The number of aromatic hydroxyl groups is 1. The SMILES string of the molecule is CC/C=C(/Nc1ccccc1O)c1ccncc1F. The van der Waals surface area contributed by atoms with Crippen LogP contribution in [0.1, 0.15) is 18.9 Å². The van der Waals surface area contributed by atoms with E-state index < -0.39 is 5.82 Å². The fraction of sp³-hybridized carbons (Fsp3) is 0.133. The highest BCUT2D eigenvalue weighted by Gasteiger charge is 2.09. The monoisotopic (exact) mass is 258 g/mol. The van der Waals surface area contributed by atoms with E-state index in [4.69, 9.17) is 0 Å². The Morgan fingerprint density at radius 2 is 2.16 bits per heavy atom. The highest BCUT2D eigenvalue weighted by atomic mass is 19.1. The number of hydrogen-bond acceptors (Lipinski definition) is 3. The minimum absolute atomic E-state index is 0.124. The highest BCUT2D eigenvalue weighted by molar-refractivity contribution is 5.79. The van der Waals surface area contributed by atoms with Crippen molar-refractivity contribution in [1.29, 1.82) is 0 Å². The third-order valence-corrected chi connectivity index (χ3v) is 2.64. The highest BCUT2D eigenvalue weighted by Crippen LogP contribution is 2.27. The number of allylic oxidation sites excluding steroid dienone is 1. The zero-order chi connectivity index (χ0) is 13.7. The summed E-state index contributed by atoms with van der Waals surface area (Å²) in [7, 11) is 0. The fourth-order valence-electron chi connectivity index (χ4n) is 1.75. The second-order valence-corrected chi connectivity index (χ2v) is 4.02. The summed E-state index contributed by atoms with van der Waals surface area (Å²) in [4.78, 5) is 3.73. The van der Waals surface area contributed by atoms with Gasteiger partial charge in [-0.25, -0.2) is 4.39 Å². The van der Waals surface area contributed by atoms with E-state index in [9.17, 15) is 9.50 Å². The molecule has 0 amide bonds. The van der Waals surface area contributed by atoms with E-state index in [1.807, 2.05) is 13.0 Å². The van der Waals surface area contributed by atoms with Crippen molar-refractivity contribution in [2.24, 2.45) is 0 Å². The van der Waals surface area contributed by atoms with Gasteiger partial charge in [-0.3, -0.25) is 4.98 Å².